The van der Waals surface area contributed by atoms with Gasteiger partial charge in [-0.1, -0.05) is 74.0 Å². The summed E-state index contributed by atoms with van der Waals surface area (Å²) in [5.41, 5.74) is 6.04. The van der Waals surface area contributed by atoms with Gasteiger partial charge >= 0.3 is 0 Å². The van der Waals surface area contributed by atoms with Crippen LogP contribution in [-0.4, -0.2) is 22.0 Å². The van der Waals surface area contributed by atoms with Crippen LogP contribution in [0.1, 0.15) is 36.6 Å². The summed E-state index contributed by atoms with van der Waals surface area (Å²) in [6.45, 7) is 4.32. The van der Waals surface area contributed by atoms with E-state index in [1.807, 2.05) is 53.4 Å². The number of fused-ring (bicyclic) bond motifs is 6. The van der Waals surface area contributed by atoms with Crippen LogP contribution in [0.5, 0.6) is 5.75 Å². The number of hydrogen-bond donors (Lipinski definition) is 0. The van der Waals surface area contributed by atoms with Crippen molar-refractivity contribution in [3.63, 3.8) is 0 Å². The van der Waals surface area contributed by atoms with E-state index in [1.165, 1.54) is 5.56 Å². The molecule has 0 bridgehead atoms. The Bertz CT molecular complexity index is 1720. The third kappa shape index (κ3) is 3.15. The van der Waals surface area contributed by atoms with Gasteiger partial charge in [0.25, 0.3) is 5.91 Å². The van der Waals surface area contributed by atoms with Crippen LogP contribution in [0.3, 0.4) is 0 Å². The Morgan fingerprint density at radius 2 is 1.50 bits per heavy atom. The van der Waals surface area contributed by atoms with E-state index in [4.69, 9.17) is 26.3 Å². The largest absolute Gasteiger partial charge is 0.477 e. The molecule has 1 aliphatic carbocycles. The van der Waals surface area contributed by atoms with E-state index in [2.05, 4.69) is 38.1 Å². The molecule has 7 rings (SSSR count). The van der Waals surface area contributed by atoms with Gasteiger partial charge in [0.1, 0.15) is 11.4 Å². The number of anilines is 1. The molecule has 0 radical (unpaired) electrons. The first kappa shape index (κ1) is 22.9. The number of carbonyl (C=O) groups excluding carboxylic acids is 1. The first-order chi connectivity index (χ1) is 18.5. The van der Waals surface area contributed by atoms with Crippen LogP contribution in [0.15, 0.2) is 97.1 Å². The maximum absolute atomic E-state index is 14.0. The predicted molar refractivity (Wildman–Crippen MR) is 150 cm³/mol. The minimum atomic E-state index is -0.973. The fourth-order valence-electron chi connectivity index (χ4n) is 5.74. The molecule has 2 atom stereocenters. The lowest BCUT2D eigenvalue weighted by Crippen LogP contribution is -2.74. The molecule has 1 amide bonds. The second kappa shape index (κ2) is 8.40. The molecule has 2 aliphatic rings. The molecular weight excluding hydrogens is 494 g/mol. The first-order valence-corrected chi connectivity index (χ1v) is 13.1. The van der Waals surface area contributed by atoms with Crippen molar-refractivity contribution >= 4 is 34.2 Å². The number of halogens is 1. The Balaban J connectivity index is 1.48. The number of benzene rings is 4. The molecule has 186 valence electrons. The molecule has 2 heterocycles. The lowest BCUT2D eigenvalue weighted by atomic mass is 9.74. The number of hydrogen-bond acceptors (Lipinski definition) is 4. The molecule has 6 heteroatoms. The van der Waals surface area contributed by atoms with Crippen molar-refractivity contribution in [2.75, 3.05) is 4.90 Å². The quantitative estimate of drug-likeness (QED) is 0.238. The highest BCUT2D eigenvalue weighted by atomic mass is 35.5. The van der Waals surface area contributed by atoms with Crippen LogP contribution in [0.25, 0.3) is 22.3 Å². The van der Waals surface area contributed by atoms with Gasteiger partial charge in [-0.05, 0) is 65.6 Å². The maximum Gasteiger partial charge on any atom is 0.272 e. The number of β-lactam (4-membered cyclic amide) rings is 1. The molecule has 1 aliphatic heterocycles. The van der Waals surface area contributed by atoms with Gasteiger partial charge in [0.15, 0.2) is 5.54 Å². The van der Waals surface area contributed by atoms with E-state index in [0.29, 0.717) is 16.7 Å². The number of ether oxygens (including phenoxy) is 1. The van der Waals surface area contributed by atoms with E-state index in [1.54, 1.807) is 24.3 Å². The van der Waals surface area contributed by atoms with Crippen LogP contribution in [0, 0.1) is 0 Å². The second-order valence-corrected chi connectivity index (χ2v) is 10.5. The Hall–Kier alpha value is -4.22. The van der Waals surface area contributed by atoms with Crippen LogP contribution >= 0.6 is 11.6 Å². The second-order valence-electron chi connectivity index (χ2n) is 10.1. The standard InChI is InChI=1S/C32H24ClN3O2/c1-19(2)20-11-15-22(16-12-20)36-31(37)30(38-23-17-13-21(33)14-18-23)32(36)25-8-4-3-7-24(25)28-29(32)35-27-10-6-5-9-26(27)34-28/h3-19,30H,1-2H3/t30-,32-/m1/s1. The molecule has 0 N–H and O–H groups in total. The Labute approximate surface area is 225 Å². The van der Waals surface area contributed by atoms with Gasteiger partial charge in [-0.2, -0.15) is 0 Å². The van der Waals surface area contributed by atoms with Gasteiger partial charge < -0.3 is 4.74 Å². The van der Waals surface area contributed by atoms with Crippen molar-refractivity contribution in [1.29, 1.82) is 0 Å². The number of carbonyl (C=O) groups is 1. The van der Waals surface area contributed by atoms with Gasteiger partial charge in [0, 0.05) is 16.3 Å². The molecule has 5 nitrogen and oxygen atoms in total. The predicted octanol–water partition coefficient (Wildman–Crippen LogP) is 7.13. The summed E-state index contributed by atoms with van der Waals surface area (Å²) in [6, 6.07) is 31.2. The third-order valence-corrected chi connectivity index (χ3v) is 7.84. The average molecular weight is 518 g/mol. The Morgan fingerprint density at radius 1 is 0.842 bits per heavy atom. The van der Waals surface area contributed by atoms with Gasteiger partial charge in [0.2, 0.25) is 6.10 Å². The zero-order valence-electron chi connectivity index (χ0n) is 20.9. The molecule has 1 fully saturated rings. The third-order valence-electron chi connectivity index (χ3n) is 7.59. The topological polar surface area (TPSA) is 55.3 Å². The summed E-state index contributed by atoms with van der Waals surface area (Å²) >= 11 is 6.12. The van der Waals surface area contributed by atoms with Crippen LogP contribution in [0.4, 0.5) is 5.69 Å². The molecule has 38 heavy (non-hydrogen) atoms. The van der Waals surface area contributed by atoms with Crippen LogP contribution in [-0.2, 0) is 10.3 Å². The highest BCUT2D eigenvalue weighted by Crippen LogP contribution is 2.58. The zero-order valence-corrected chi connectivity index (χ0v) is 21.7. The molecular formula is C32H24ClN3O2. The maximum atomic E-state index is 14.0. The summed E-state index contributed by atoms with van der Waals surface area (Å²) < 4.78 is 6.48. The lowest BCUT2D eigenvalue weighted by Gasteiger charge is -2.54. The van der Waals surface area contributed by atoms with Gasteiger partial charge in [-0.25, -0.2) is 9.97 Å². The van der Waals surface area contributed by atoms with Crippen molar-refractivity contribution in [3.05, 3.63) is 119 Å². The summed E-state index contributed by atoms with van der Waals surface area (Å²) in [6.07, 6.45) is -0.827. The SMILES string of the molecule is CC(C)c1ccc(N2C(=O)[C@@H](Oc3ccc(Cl)cc3)[C@]23c2ccccc2-c2nc4ccccc4nc23)cc1. The minimum Gasteiger partial charge on any atom is -0.477 e. The molecule has 0 saturated carbocycles. The monoisotopic (exact) mass is 517 g/mol. The Morgan fingerprint density at radius 3 is 2.21 bits per heavy atom. The number of aromatic nitrogens is 2. The number of amides is 1. The van der Waals surface area contributed by atoms with Gasteiger partial charge in [0.05, 0.1) is 16.7 Å². The van der Waals surface area contributed by atoms with Crippen LogP contribution < -0.4 is 9.64 Å². The number of rotatable bonds is 4. The van der Waals surface area contributed by atoms with E-state index in [-0.39, 0.29) is 5.91 Å². The fraction of sp³-hybridized carbons (Fsp3) is 0.156. The highest BCUT2D eigenvalue weighted by molar-refractivity contribution is 6.30. The molecule has 0 unspecified atom stereocenters. The normalized spacial score (nSPS) is 19.5. The van der Waals surface area contributed by atoms with Crippen molar-refractivity contribution in [2.24, 2.45) is 0 Å². The molecule has 1 spiro atoms. The summed E-state index contributed by atoms with van der Waals surface area (Å²) in [7, 11) is 0. The number of nitrogens with zero attached hydrogens (tertiary/aromatic N) is 3. The molecule has 5 aromatic rings. The summed E-state index contributed by atoms with van der Waals surface area (Å²) in [4.78, 5) is 26.1. The molecule has 1 aromatic heterocycles. The van der Waals surface area contributed by atoms with E-state index in [0.717, 1.165) is 39.2 Å². The van der Waals surface area contributed by atoms with Gasteiger partial charge in [-0.15, -0.1) is 0 Å². The molecule has 1 saturated heterocycles. The lowest BCUT2D eigenvalue weighted by molar-refractivity contribution is -0.139. The fourth-order valence-corrected chi connectivity index (χ4v) is 5.87. The van der Waals surface area contributed by atoms with E-state index < -0.39 is 11.6 Å². The van der Waals surface area contributed by atoms with E-state index in [9.17, 15) is 4.79 Å². The number of para-hydroxylation sites is 2. The highest BCUT2D eigenvalue weighted by Gasteiger charge is 2.69. The molecule has 4 aromatic carbocycles. The van der Waals surface area contributed by atoms with Crippen molar-refractivity contribution < 1.29 is 9.53 Å². The first-order valence-electron chi connectivity index (χ1n) is 12.7. The van der Waals surface area contributed by atoms with Crippen molar-refractivity contribution in [1.82, 2.24) is 9.97 Å². The van der Waals surface area contributed by atoms with Crippen molar-refractivity contribution in [3.8, 4) is 17.0 Å². The summed E-state index contributed by atoms with van der Waals surface area (Å²) in [5, 5.41) is 0.604. The Kier molecular flexibility index (Phi) is 5.07. The van der Waals surface area contributed by atoms with E-state index >= 15 is 0 Å². The van der Waals surface area contributed by atoms with Crippen molar-refractivity contribution in [2.45, 2.75) is 31.4 Å². The van der Waals surface area contributed by atoms with Crippen LogP contribution in [0.2, 0.25) is 5.02 Å². The minimum absolute atomic E-state index is 0.130. The summed E-state index contributed by atoms with van der Waals surface area (Å²) in [5.74, 6) is 0.827. The zero-order chi connectivity index (χ0) is 26.0. The van der Waals surface area contributed by atoms with Gasteiger partial charge in [-0.3, -0.25) is 9.69 Å². The smallest absolute Gasteiger partial charge is 0.272 e. The average Bonchev–Trinajstić information content (AvgIpc) is 3.23.